The molecule has 0 aromatic heterocycles. The third-order valence-corrected chi connectivity index (χ3v) is 4.27. The van der Waals surface area contributed by atoms with Crippen molar-refractivity contribution in [3.8, 4) is 0 Å². The van der Waals surface area contributed by atoms with Gasteiger partial charge in [-0.05, 0) is 38.9 Å². The second-order valence-corrected chi connectivity index (χ2v) is 6.59. The third-order valence-electron chi connectivity index (χ3n) is 4.27. The van der Waals surface area contributed by atoms with Gasteiger partial charge < -0.3 is 10.6 Å². The highest BCUT2D eigenvalue weighted by molar-refractivity contribution is 5.73. The third kappa shape index (κ3) is 15.8. The highest BCUT2D eigenvalue weighted by atomic mass is 16.1. The SMILES string of the molecule is CCCCCCCCCCCCN(CCC)CCCC(N)=O. The summed E-state index contributed by atoms with van der Waals surface area (Å²) in [6.45, 7) is 7.85. The van der Waals surface area contributed by atoms with E-state index in [1.165, 1.54) is 77.2 Å². The van der Waals surface area contributed by atoms with E-state index in [0.717, 1.165) is 19.5 Å². The molecule has 0 aromatic rings. The second-order valence-electron chi connectivity index (χ2n) is 6.59. The molecule has 132 valence electrons. The molecule has 0 saturated heterocycles. The van der Waals surface area contributed by atoms with E-state index in [-0.39, 0.29) is 5.91 Å². The minimum atomic E-state index is -0.171. The maximum atomic E-state index is 10.8. The largest absolute Gasteiger partial charge is 0.370 e. The minimum Gasteiger partial charge on any atom is -0.370 e. The van der Waals surface area contributed by atoms with Gasteiger partial charge in [-0.15, -0.1) is 0 Å². The molecule has 3 heteroatoms. The summed E-state index contributed by atoms with van der Waals surface area (Å²) in [4.78, 5) is 13.3. The number of carbonyl (C=O) groups is 1. The number of carbonyl (C=O) groups excluding carboxylic acids is 1. The summed E-state index contributed by atoms with van der Waals surface area (Å²) < 4.78 is 0. The summed E-state index contributed by atoms with van der Waals surface area (Å²) in [5, 5.41) is 0. The molecule has 0 saturated carbocycles. The average Bonchev–Trinajstić information content (AvgIpc) is 2.48. The highest BCUT2D eigenvalue weighted by Gasteiger charge is 2.04. The summed E-state index contributed by atoms with van der Waals surface area (Å²) in [6.07, 6.45) is 16.5. The molecule has 3 nitrogen and oxygen atoms in total. The van der Waals surface area contributed by atoms with Gasteiger partial charge in [0.25, 0.3) is 0 Å². The number of hydrogen-bond acceptors (Lipinski definition) is 2. The van der Waals surface area contributed by atoms with Gasteiger partial charge in [0.15, 0.2) is 0 Å². The molecule has 0 aliphatic carbocycles. The van der Waals surface area contributed by atoms with Crippen LogP contribution in [-0.4, -0.2) is 30.4 Å². The Morgan fingerprint density at radius 1 is 0.682 bits per heavy atom. The topological polar surface area (TPSA) is 46.3 Å². The van der Waals surface area contributed by atoms with Crippen molar-refractivity contribution in [1.82, 2.24) is 4.90 Å². The molecule has 2 N–H and O–H groups in total. The monoisotopic (exact) mass is 312 g/mol. The van der Waals surface area contributed by atoms with E-state index in [1.54, 1.807) is 0 Å². The van der Waals surface area contributed by atoms with Crippen LogP contribution in [0.25, 0.3) is 0 Å². The van der Waals surface area contributed by atoms with Crippen molar-refractivity contribution in [1.29, 1.82) is 0 Å². The highest BCUT2D eigenvalue weighted by Crippen LogP contribution is 2.11. The molecule has 0 fully saturated rings. The predicted molar refractivity (Wildman–Crippen MR) is 97.0 cm³/mol. The van der Waals surface area contributed by atoms with Crippen LogP contribution in [0, 0.1) is 0 Å². The number of nitrogens with zero attached hydrogens (tertiary/aromatic N) is 1. The van der Waals surface area contributed by atoms with Gasteiger partial charge in [0, 0.05) is 6.42 Å². The lowest BCUT2D eigenvalue weighted by molar-refractivity contribution is -0.118. The van der Waals surface area contributed by atoms with Crippen molar-refractivity contribution < 1.29 is 4.79 Å². The van der Waals surface area contributed by atoms with Gasteiger partial charge in [0.2, 0.25) is 5.91 Å². The van der Waals surface area contributed by atoms with Crippen LogP contribution in [0.3, 0.4) is 0 Å². The number of hydrogen-bond donors (Lipinski definition) is 1. The maximum absolute atomic E-state index is 10.8. The Kier molecular flexibility index (Phi) is 16.4. The van der Waals surface area contributed by atoms with E-state index < -0.39 is 0 Å². The number of primary amides is 1. The maximum Gasteiger partial charge on any atom is 0.217 e. The number of nitrogens with two attached hydrogens (primary N) is 1. The molecule has 0 heterocycles. The van der Waals surface area contributed by atoms with E-state index in [0.29, 0.717) is 6.42 Å². The van der Waals surface area contributed by atoms with Gasteiger partial charge in [-0.25, -0.2) is 0 Å². The fourth-order valence-electron chi connectivity index (χ4n) is 2.95. The predicted octanol–water partition coefficient (Wildman–Crippen LogP) is 4.88. The van der Waals surface area contributed by atoms with Crippen LogP contribution in [0.2, 0.25) is 0 Å². The number of amides is 1. The molecule has 0 rings (SSSR count). The molecule has 0 bridgehead atoms. The molecule has 0 aromatic carbocycles. The lowest BCUT2D eigenvalue weighted by Gasteiger charge is -2.21. The molecule has 1 amide bonds. The molecule has 0 radical (unpaired) electrons. The van der Waals surface area contributed by atoms with Crippen LogP contribution in [0.1, 0.15) is 97.3 Å². The quantitative estimate of drug-likeness (QED) is 0.389. The zero-order valence-corrected chi connectivity index (χ0v) is 15.2. The van der Waals surface area contributed by atoms with Crippen molar-refractivity contribution >= 4 is 5.91 Å². The summed E-state index contributed by atoms with van der Waals surface area (Å²) in [5.41, 5.74) is 5.20. The Hall–Kier alpha value is -0.570. The molecule has 22 heavy (non-hydrogen) atoms. The lowest BCUT2D eigenvalue weighted by Crippen LogP contribution is -2.27. The van der Waals surface area contributed by atoms with E-state index in [1.807, 2.05) is 0 Å². The molecular weight excluding hydrogens is 272 g/mol. The number of unbranched alkanes of at least 4 members (excludes halogenated alkanes) is 9. The van der Waals surface area contributed by atoms with Crippen molar-refractivity contribution in [2.75, 3.05) is 19.6 Å². The van der Waals surface area contributed by atoms with Crippen molar-refractivity contribution in [3.05, 3.63) is 0 Å². The first-order valence-corrected chi connectivity index (χ1v) is 9.71. The van der Waals surface area contributed by atoms with Crippen LogP contribution >= 0.6 is 0 Å². The normalized spacial score (nSPS) is 11.2. The van der Waals surface area contributed by atoms with Crippen LogP contribution in [0.5, 0.6) is 0 Å². The first kappa shape index (κ1) is 21.4. The van der Waals surface area contributed by atoms with Gasteiger partial charge in [-0.2, -0.15) is 0 Å². The molecule has 0 unspecified atom stereocenters. The van der Waals surface area contributed by atoms with Crippen LogP contribution in [0.4, 0.5) is 0 Å². The molecule has 0 spiro atoms. The van der Waals surface area contributed by atoms with Gasteiger partial charge >= 0.3 is 0 Å². The first-order valence-electron chi connectivity index (χ1n) is 9.71. The fourth-order valence-corrected chi connectivity index (χ4v) is 2.95. The van der Waals surface area contributed by atoms with E-state index >= 15 is 0 Å². The molecule has 0 atom stereocenters. The number of rotatable bonds is 17. The van der Waals surface area contributed by atoms with Gasteiger partial charge in [-0.3, -0.25) is 4.79 Å². The van der Waals surface area contributed by atoms with Gasteiger partial charge in [-0.1, -0.05) is 71.6 Å². The van der Waals surface area contributed by atoms with Gasteiger partial charge in [0.05, 0.1) is 0 Å². The molecule has 0 aliphatic heterocycles. The summed E-state index contributed by atoms with van der Waals surface area (Å²) >= 11 is 0. The van der Waals surface area contributed by atoms with E-state index in [9.17, 15) is 4.79 Å². The molecule has 0 aliphatic rings. The Balaban J connectivity index is 3.41. The van der Waals surface area contributed by atoms with Crippen molar-refractivity contribution in [2.24, 2.45) is 5.73 Å². The van der Waals surface area contributed by atoms with Crippen LogP contribution < -0.4 is 5.73 Å². The zero-order valence-electron chi connectivity index (χ0n) is 15.2. The second kappa shape index (κ2) is 16.8. The zero-order chi connectivity index (χ0) is 16.5. The molecular formula is C19H40N2O. The lowest BCUT2D eigenvalue weighted by atomic mass is 10.1. The van der Waals surface area contributed by atoms with Crippen molar-refractivity contribution in [3.63, 3.8) is 0 Å². The van der Waals surface area contributed by atoms with Crippen molar-refractivity contribution in [2.45, 2.75) is 97.3 Å². The summed E-state index contributed by atoms with van der Waals surface area (Å²) in [5.74, 6) is -0.171. The standard InChI is InChI=1S/C19H40N2O/c1-3-5-6-7-8-9-10-11-12-13-17-21(16-4-2)18-14-15-19(20)22/h3-18H2,1-2H3,(H2,20,22). The average molecular weight is 313 g/mol. The smallest absolute Gasteiger partial charge is 0.217 e. The first-order chi connectivity index (χ1) is 10.7. The Morgan fingerprint density at radius 2 is 1.18 bits per heavy atom. The van der Waals surface area contributed by atoms with E-state index in [2.05, 4.69) is 18.7 Å². The van der Waals surface area contributed by atoms with Crippen LogP contribution in [0.15, 0.2) is 0 Å². The Morgan fingerprint density at radius 3 is 1.68 bits per heavy atom. The summed E-state index contributed by atoms with van der Waals surface area (Å²) in [7, 11) is 0. The minimum absolute atomic E-state index is 0.171. The van der Waals surface area contributed by atoms with E-state index in [4.69, 9.17) is 5.73 Å². The Labute approximate surface area is 139 Å². The van der Waals surface area contributed by atoms with Gasteiger partial charge in [0.1, 0.15) is 0 Å². The Bertz CT molecular complexity index is 244. The van der Waals surface area contributed by atoms with Crippen LogP contribution in [-0.2, 0) is 4.79 Å². The summed E-state index contributed by atoms with van der Waals surface area (Å²) in [6, 6.07) is 0. The fraction of sp³-hybridized carbons (Fsp3) is 0.947.